The molecule has 2 amide bonds. The summed E-state index contributed by atoms with van der Waals surface area (Å²) in [4.78, 5) is 17.0. The summed E-state index contributed by atoms with van der Waals surface area (Å²) in [6.45, 7) is 14.7. The molecule has 1 N–H and O–H groups in total. The fourth-order valence-corrected chi connectivity index (χ4v) is 3.83. The summed E-state index contributed by atoms with van der Waals surface area (Å²) in [5.74, 6) is 0.601. The van der Waals surface area contributed by atoms with Crippen LogP contribution in [-0.2, 0) is 9.47 Å². The molecule has 0 spiro atoms. The molecule has 2 saturated heterocycles. The van der Waals surface area contributed by atoms with Crippen LogP contribution in [0.1, 0.15) is 40.5 Å². The molecule has 1 atom stereocenters. The van der Waals surface area contributed by atoms with Gasteiger partial charge >= 0.3 is 6.03 Å². The second-order valence-corrected chi connectivity index (χ2v) is 7.51. The van der Waals surface area contributed by atoms with E-state index < -0.39 is 0 Å². The largest absolute Gasteiger partial charge is 0.379 e. The Balaban J connectivity index is 1.92. The number of urea groups is 1. The highest BCUT2D eigenvalue weighted by Crippen LogP contribution is 2.20. The molecule has 2 fully saturated rings. The normalized spacial score (nSPS) is 23.3. The smallest absolute Gasteiger partial charge is 0.317 e. The van der Waals surface area contributed by atoms with Crippen LogP contribution in [0.2, 0.25) is 0 Å². The molecule has 2 aliphatic rings. The average Bonchev–Trinajstić information content (AvgIpc) is 2.58. The van der Waals surface area contributed by atoms with Crippen molar-refractivity contribution in [3.8, 4) is 0 Å². The van der Waals surface area contributed by atoms with Gasteiger partial charge in [0.1, 0.15) is 0 Å². The Morgan fingerprint density at radius 3 is 2.38 bits per heavy atom. The summed E-state index contributed by atoms with van der Waals surface area (Å²) < 4.78 is 11.2. The second kappa shape index (κ2) is 9.02. The predicted molar refractivity (Wildman–Crippen MR) is 95.3 cm³/mol. The van der Waals surface area contributed by atoms with Crippen LogP contribution in [0.4, 0.5) is 4.79 Å². The molecule has 6 nitrogen and oxygen atoms in total. The molecular weight excluding hydrogens is 306 g/mol. The van der Waals surface area contributed by atoms with Crippen molar-refractivity contribution in [2.75, 3.05) is 52.5 Å². The van der Waals surface area contributed by atoms with Gasteiger partial charge in [0.2, 0.25) is 0 Å². The van der Waals surface area contributed by atoms with Crippen molar-refractivity contribution >= 4 is 6.03 Å². The van der Waals surface area contributed by atoms with Crippen LogP contribution >= 0.6 is 0 Å². The number of nitrogens with zero attached hydrogens (tertiary/aromatic N) is 2. The van der Waals surface area contributed by atoms with Gasteiger partial charge < -0.3 is 19.7 Å². The lowest BCUT2D eigenvalue weighted by molar-refractivity contribution is -0.0735. The standard InChI is InChI=1S/C18H35N3O3/c1-5-15(6-2)16(20-7-10-23-11-8-20)13-19-17(22)21-9-12-24-18(3,4)14-21/h15-16H,5-14H2,1-4H3,(H,19,22). The van der Waals surface area contributed by atoms with Crippen LogP contribution in [0.5, 0.6) is 0 Å². The minimum absolute atomic E-state index is 0.0376. The predicted octanol–water partition coefficient (Wildman–Crippen LogP) is 1.94. The van der Waals surface area contributed by atoms with E-state index in [1.54, 1.807) is 0 Å². The molecule has 0 aromatic rings. The zero-order chi connectivity index (χ0) is 17.6. The Kier molecular flexibility index (Phi) is 7.32. The highest BCUT2D eigenvalue weighted by Gasteiger charge is 2.31. The topological polar surface area (TPSA) is 54.0 Å². The third-order valence-electron chi connectivity index (χ3n) is 5.28. The monoisotopic (exact) mass is 341 g/mol. The van der Waals surface area contributed by atoms with Gasteiger partial charge in [0.05, 0.1) is 32.0 Å². The number of amides is 2. The highest BCUT2D eigenvalue weighted by atomic mass is 16.5. The van der Waals surface area contributed by atoms with Crippen molar-refractivity contribution in [1.82, 2.24) is 15.1 Å². The van der Waals surface area contributed by atoms with Crippen LogP contribution in [0.3, 0.4) is 0 Å². The molecule has 2 heterocycles. The first-order valence-corrected chi connectivity index (χ1v) is 9.45. The molecule has 0 aliphatic carbocycles. The third kappa shape index (κ3) is 5.33. The Morgan fingerprint density at radius 1 is 1.12 bits per heavy atom. The molecular formula is C18H35N3O3. The van der Waals surface area contributed by atoms with Crippen molar-refractivity contribution in [3.63, 3.8) is 0 Å². The van der Waals surface area contributed by atoms with Gasteiger partial charge in [-0.15, -0.1) is 0 Å². The first-order valence-electron chi connectivity index (χ1n) is 9.45. The summed E-state index contributed by atoms with van der Waals surface area (Å²) >= 11 is 0. The quantitative estimate of drug-likeness (QED) is 0.802. The van der Waals surface area contributed by atoms with Crippen molar-refractivity contribution in [1.29, 1.82) is 0 Å². The third-order valence-corrected chi connectivity index (χ3v) is 5.28. The SMILES string of the molecule is CCC(CC)C(CNC(=O)N1CCOC(C)(C)C1)N1CCOCC1. The zero-order valence-electron chi connectivity index (χ0n) is 15.8. The molecule has 0 aromatic heterocycles. The van der Waals surface area contributed by atoms with Gasteiger partial charge in [-0.05, 0) is 19.8 Å². The van der Waals surface area contributed by atoms with E-state index in [1.165, 1.54) is 0 Å². The van der Waals surface area contributed by atoms with E-state index in [9.17, 15) is 4.79 Å². The molecule has 2 aliphatic heterocycles. The molecule has 0 radical (unpaired) electrons. The lowest BCUT2D eigenvalue weighted by atomic mass is 9.92. The van der Waals surface area contributed by atoms with Crippen LogP contribution in [0.15, 0.2) is 0 Å². The molecule has 0 saturated carbocycles. The summed E-state index contributed by atoms with van der Waals surface area (Å²) in [7, 11) is 0. The van der Waals surface area contributed by atoms with Gasteiger partial charge in [-0.1, -0.05) is 26.7 Å². The van der Waals surface area contributed by atoms with Gasteiger partial charge in [-0.3, -0.25) is 4.90 Å². The van der Waals surface area contributed by atoms with Crippen molar-refractivity contribution < 1.29 is 14.3 Å². The maximum atomic E-state index is 12.6. The Bertz CT molecular complexity index is 393. The van der Waals surface area contributed by atoms with E-state index in [1.807, 2.05) is 18.7 Å². The van der Waals surface area contributed by atoms with Crippen LogP contribution in [0, 0.1) is 5.92 Å². The van der Waals surface area contributed by atoms with Gasteiger partial charge in [0.15, 0.2) is 0 Å². The molecule has 1 unspecified atom stereocenters. The Labute approximate surface area is 146 Å². The molecule has 0 aromatic carbocycles. The fourth-order valence-electron chi connectivity index (χ4n) is 3.83. The maximum absolute atomic E-state index is 12.6. The number of carbonyl (C=O) groups excluding carboxylic acids is 1. The van der Waals surface area contributed by atoms with Crippen LogP contribution in [-0.4, -0.2) is 80.0 Å². The first-order chi connectivity index (χ1) is 11.5. The number of rotatable bonds is 6. The number of morpholine rings is 2. The van der Waals surface area contributed by atoms with Crippen molar-refractivity contribution in [2.24, 2.45) is 5.92 Å². The van der Waals surface area contributed by atoms with Gasteiger partial charge in [-0.2, -0.15) is 0 Å². The van der Waals surface area contributed by atoms with Crippen LogP contribution in [0.25, 0.3) is 0 Å². The zero-order valence-corrected chi connectivity index (χ0v) is 15.8. The van der Waals surface area contributed by atoms with Gasteiger partial charge in [-0.25, -0.2) is 4.79 Å². The molecule has 0 bridgehead atoms. The minimum Gasteiger partial charge on any atom is -0.379 e. The van der Waals surface area contributed by atoms with E-state index in [2.05, 4.69) is 24.1 Å². The summed E-state index contributed by atoms with van der Waals surface area (Å²) in [5.41, 5.74) is -0.255. The first kappa shape index (κ1) is 19.5. The molecule has 2 rings (SSSR count). The van der Waals surface area contributed by atoms with E-state index in [4.69, 9.17) is 9.47 Å². The minimum atomic E-state index is -0.255. The second-order valence-electron chi connectivity index (χ2n) is 7.51. The van der Waals surface area contributed by atoms with E-state index in [-0.39, 0.29) is 11.6 Å². The lowest BCUT2D eigenvalue weighted by Gasteiger charge is -2.40. The van der Waals surface area contributed by atoms with Crippen molar-refractivity contribution in [3.05, 3.63) is 0 Å². The number of carbonyl (C=O) groups is 1. The summed E-state index contributed by atoms with van der Waals surface area (Å²) in [6, 6.07) is 0.428. The number of nitrogens with one attached hydrogen (secondary N) is 1. The van der Waals surface area contributed by atoms with Crippen molar-refractivity contribution in [2.45, 2.75) is 52.2 Å². The number of hydrogen-bond acceptors (Lipinski definition) is 4. The molecule has 24 heavy (non-hydrogen) atoms. The summed E-state index contributed by atoms with van der Waals surface area (Å²) in [6.07, 6.45) is 2.28. The lowest BCUT2D eigenvalue weighted by Crippen LogP contribution is -2.56. The maximum Gasteiger partial charge on any atom is 0.317 e. The number of ether oxygens (including phenoxy) is 2. The fraction of sp³-hybridized carbons (Fsp3) is 0.944. The van der Waals surface area contributed by atoms with E-state index in [0.29, 0.717) is 38.2 Å². The Morgan fingerprint density at radius 2 is 1.79 bits per heavy atom. The Hall–Kier alpha value is -0.850. The number of hydrogen-bond donors (Lipinski definition) is 1. The van der Waals surface area contributed by atoms with E-state index >= 15 is 0 Å². The van der Waals surface area contributed by atoms with E-state index in [0.717, 1.165) is 39.1 Å². The highest BCUT2D eigenvalue weighted by molar-refractivity contribution is 5.74. The van der Waals surface area contributed by atoms with Gasteiger partial charge in [0, 0.05) is 32.2 Å². The average molecular weight is 341 g/mol. The van der Waals surface area contributed by atoms with Crippen LogP contribution < -0.4 is 5.32 Å². The summed E-state index contributed by atoms with van der Waals surface area (Å²) in [5, 5.41) is 3.19. The molecule has 6 heteroatoms. The molecule has 140 valence electrons. The van der Waals surface area contributed by atoms with Gasteiger partial charge in [0.25, 0.3) is 0 Å².